The summed E-state index contributed by atoms with van der Waals surface area (Å²) in [4.78, 5) is 4.68. The number of nitrogens with one attached hydrogen (secondary N) is 1. The van der Waals surface area contributed by atoms with Crippen LogP contribution in [0, 0.1) is 6.92 Å². The monoisotopic (exact) mass is 448 g/mol. The summed E-state index contributed by atoms with van der Waals surface area (Å²) < 4.78 is 0. The molecule has 182 valence electrons. The number of unbranched alkanes of at least 4 members (excludes halogenated alkanes) is 4. The van der Waals surface area contributed by atoms with Gasteiger partial charge < -0.3 is 5.32 Å². The highest BCUT2D eigenvalue weighted by Gasteiger charge is 2.13. The van der Waals surface area contributed by atoms with Crippen LogP contribution in [0.1, 0.15) is 108 Å². The van der Waals surface area contributed by atoms with Gasteiger partial charge in [-0.15, -0.1) is 0 Å². The fourth-order valence-electron chi connectivity index (χ4n) is 3.72. The first-order valence-electron chi connectivity index (χ1n) is 13.2. The number of benzene rings is 1. The lowest BCUT2D eigenvalue weighted by molar-refractivity contribution is 0.601. The van der Waals surface area contributed by atoms with E-state index in [1.54, 1.807) is 0 Å². The molecule has 3 rings (SSSR count). The molecular formula is C31H48N2. The molecule has 0 amide bonds. The second kappa shape index (κ2) is 18.3. The van der Waals surface area contributed by atoms with Crippen molar-refractivity contribution in [2.24, 2.45) is 0 Å². The summed E-state index contributed by atoms with van der Waals surface area (Å²) >= 11 is 0. The zero-order chi connectivity index (χ0) is 24.3. The molecule has 1 aliphatic rings. The van der Waals surface area contributed by atoms with E-state index in [1.165, 1.54) is 72.8 Å². The Morgan fingerprint density at radius 1 is 0.848 bits per heavy atom. The highest BCUT2D eigenvalue weighted by Crippen LogP contribution is 2.33. The Morgan fingerprint density at radius 3 is 2.15 bits per heavy atom. The summed E-state index contributed by atoms with van der Waals surface area (Å²) in [5.74, 6) is 0. The molecule has 0 atom stereocenters. The van der Waals surface area contributed by atoms with Gasteiger partial charge >= 0.3 is 0 Å². The molecule has 1 aliphatic carbocycles. The second-order valence-electron chi connectivity index (χ2n) is 8.94. The minimum atomic E-state index is 0.983. The van der Waals surface area contributed by atoms with Gasteiger partial charge in [0.25, 0.3) is 0 Å². The van der Waals surface area contributed by atoms with E-state index in [0.717, 1.165) is 25.1 Å². The average molecular weight is 449 g/mol. The molecular weight excluding hydrogens is 400 g/mol. The highest BCUT2D eigenvalue weighted by molar-refractivity contribution is 5.88. The Kier molecular flexibility index (Phi) is 16.0. The van der Waals surface area contributed by atoms with Crippen molar-refractivity contribution < 1.29 is 0 Å². The molecule has 2 aromatic rings. The Balaban J connectivity index is 0.000000819. The fraction of sp³-hybridized carbons (Fsp3) is 0.516. The van der Waals surface area contributed by atoms with Crippen molar-refractivity contribution in [2.45, 2.75) is 92.4 Å². The first kappa shape index (κ1) is 28.8. The van der Waals surface area contributed by atoms with Crippen LogP contribution in [0.25, 0.3) is 17.2 Å². The van der Waals surface area contributed by atoms with Crippen LogP contribution in [0.3, 0.4) is 0 Å². The molecule has 2 nitrogen and oxygen atoms in total. The number of rotatable bonds is 9. The summed E-state index contributed by atoms with van der Waals surface area (Å²) in [7, 11) is 2.03. The van der Waals surface area contributed by atoms with Crippen LogP contribution in [-0.2, 0) is 0 Å². The SMILES string of the molecule is CCC.CCC.CNCCCCCCCC1=CCC(c2ccc(C)cc2)=Cc2ncccc21. The van der Waals surface area contributed by atoms with E-state index in [1.807, 2.05) is 13.2 Å². The minimum absolute atomic E-state index is 0.983. The Labute approximate surface area is 204 Å². The largest absolute Gasteiger partial charge is 0.320 e. The van der Waals surface area contributed by atoms with Crippen LogP contribution in [0.2, 0.25) is 0 Å². The third-order valence-corrected chi connectivity index (χ3v) is 5.36. The Bertz CT molecular complexity index is 813. The van der Waals surface area contributed by atoms with Gasteiger partial charge in [0.1, 0.15) is 0 Å². The van der Waals surface area contributed by atoms with Gasteiger partial charge in [0.2, 0.25) is 0 Å². The standard InChI is InChI=1S/C25H32N2.2C3H8/c1-20-11-13-21(14-12-20)23-16-15-22(9-6-4-3-5-7-17-26-2)24-10-8-18-27-25(24)19-23;2*1-3-2/h8,10-15,18-19,26H,3-7,9,16-17H2,1-2H3;2*3H2,1-2H3. The molecule has 33 heavy (non-hydrogen) atoms. The lowest BCUT2D eigenvalue weighted by Crippen LogP contribution is -2.06. The van der Waals surface area contributed by atoms with Crippen LogP contribution >= 0.6 is 0 Å². The zero-order valence-electron chi connectivity index (χ0n) is 22.2. The number of nitrogens with zero attached hydrogens (tertiary/aromatic N) is 1. The molecule has 0 unspecified atom stereocenters. The number of hydrogen-bond acceptors (Lipinski definition) is 2. The smallest absolute Gasteiger partial charge is 0.0707 e. The summed E-state index contributed by atoms with van der Waals surface area (Å²) in [6.07, 6.45) is 17.8. The summed E-state index contributed by atoms with van der Waals surface area (Å²) in [5.41, 5.74) is 7.86. The Morgan fingerprint density at radius 2 is 1.48 bits per heavy atom. The van der Waals surface area contributed by atoms with Crippen molar-refractivity contribution in [3.63, 3.8) is 0 Å². The quantitative estimate of drug-likeness (QED) is 0.387. The molecule has 0 spiro atoms. The van der Waals surface area contributed by atoms with E-state index >= 15 is 0 Å². The number of allylic oxidation sites excluding steroid dienone is 3. The van der Waals surface area contributed by atoms with E-state index in [0.29, 0.717) is 0 Å². The minimum Gasteiger partial charge on any atom is -0.320 e. The van der Waals surface area contributed by atoms with Crippen molar-refractivity contribution in [2.75, 3.05) is 13.6 Å². The maximum absolute atomic E-state index is 4.68. The van der Waals surface area contributed by atoms with Crippen LogP contribution in [-0.4, -0.2) is 18.6 Å². The third-order valence-electron chi connectivity index (χ3n) is 5.36. The molecule has 1 aromatic carbocycles. The second-order valence-corrected chi connectivity index (χ2v) is 8.94. The summed E-state index contributed by atoms with van der Waals surface area (Å²) in [6, 6.07) is 13.1. The van der Waals surface area contributed by atoms with Gasteiger partial charge in [-0.05, 0) is 75.1 Å². The zero-order valence-corrected chi connectivity index (χ0v) is 22.2. The highest BCUT2D eigenvalue weighted by atomic mass is 14.8. The molecule has 0 radical (unpaired) electrons. The van der Waals surface area contributed by atoms with Crippen LogP contribution in [0.4, 0.5) is 0 Å². The van der Waals surface area contributed by atoms with E-state index in [9.17, 15) is 0 Å². The average Bonchev–Trinajstić information content (AvgIpc) is 3.00. The van der Waals surface area contributed by atoms with Gasteiger partial charge in [-0.3, -0.25) is 4.98 Å². The molecule has 0 bridgehead atoms. The topological polar surface area (TPSA) is 24.9 Å². The van der Waals surface area contributed by atoms with Crippen LogP contribution in [0.15, 0.2) is 48.7 Å². The van der Waals surface area contributed by atoms with Gasteiger partial charge in [0.15, 0.2) is 0 Å². The van der Waals surface area contributed by atoms with E-state index in [2.05, 4.69) is 93.5 Å². The van der Waals surface area contributed by atoms with Crippen molar-refractivity contribution in [3.05, 3.63) is 71.1 Å². The first-order valence-corrected chi connectivity index (χ1v) is 13.2. The third kappa shape index (κ3) is 11.5. The molecule has 2 heteroatoms. The van der Waals surface area contributed by atoms with Crippen molar-refractivity contribution >= 4 is 17.2 Å². The van der Waals surface area contributed by atoms with E-state index < -0.39 is 0 Å². The van der Waals surface area contributed by atoms with Crippen molar-refractivity contribution in [1.82, 2.24) is 10.3 Å². The van der Waals surface area contributed by atoms with Gasteiger partial charge in [0.05, 0.1) is 5.69 Å². The number of hydrogen-bond donors (Lipinski definition) is 1. The van der Waals surface area contributed by atoms with Gasteiger partial charge in [0, 0.05) is 11.8 Å². The molecule has 0 saturated heterocycles. The lowest BCUT2D eigenvalue weighted by atomic mass is 9.98. The van der Waals surface area contributed by atoms with Crippen molar-refractivity contribution in [1.29, 1.82) is 0 Å². The Hall–Kier alpha value is -2.19. The maximum Gasteiger partial charge on any atom is 0.0707 e. The van der Waals surface area contributed by atoms with Crippen LogP contribution in [0.5, 0.6) is 0 Å². The predicted octanol–water partition coefficient (Wildman–Crippen LogP) is 9.11. The number of aromatic nitrogens is 1. The van der Waals surface area contributed by atoms with Gasteiger partial charge in [-0.25, -0.2) is 0 Å². The first-order chi connectivity index (χ1) is 16.1. The predicted molar refractivity (Wildman–Crippen MR) is 149 cm³/mol. The number of fused-ring (bicyclic) bond motifs is 1. The fourth-order valence-corrected chi connectivity index (χ4v) is 3.72. The number of pyridine rings is 1. The summed E-state index contributed by atoms with van der Waals surface area (Å²) in [5, 5.41) is 3.23. The molecule has 0 aliphatic heterocycles. The van der Waals surface area contributed by atoms with Crippen LogP contribution < -0.4 is 5.32 Å². The molecule has 1 aromatic heterocycles. The molecule has 0 saturated carbocycles. The van der Waals surface area contributed by atoms with Gasteiger partial charge in [-0.2, -0.15) is 0 Å². The van der Waals surface area contributed by atoms with Gasteiger partial charge in [-0.1, -0.05) is 102 Å². The lowest BCUT2D eigenvalue weighted by Gasteiger charge is -2.09. The maximum atomic E-state index is 4.68. The molecule has 1 heterocycles. The molecule has 0 fully saturated rings. The van der Waals surface area contributed by atoms with E-state index in [4.69, 9.17) is 0 Å². The molecule has 1 N–H and O–H groups in total. The number of aryl methyl sites for hydroxylation is 1. The summed E-state index contributed by atoms with van der Waals surface area (Å²) in [6.45, 7) is 11.8. The normalized spacial score (nSPS) is 12.2. The van der Waals surface area contributed by atoms with Crippen molar-refractivity contribution in [3.8, 4) is 0 Å². The van der Waals surface area contributed by atoms with E-state index in [-0.39, 0.29) is 0 Å².